The summed E-state index contributed by atoms with van der Waals surface area (Å²) in [5.41, 5.74) is 30.6. The van der Waals surface area contributed by atoms with Crippen molar-refractivity contribution in [1.29, 1.82) is 0 Å². The van der Waals surface area contributed by atoms with Crippen molar-refractivity contribution in [3.8, 4) is 50.8 Å². The summed E-state index contributed by atoms with van der Waals surface area (Å²) in [5, 5.41) is 38.3. The molecule has 4 heterocycles. The van der Waals surface area contributed by atoms with E-state index in [0.29, 0.717) is 0 Å². The van der Waals surface area contributed by atoms with Gasteiger partial charge in [0.2, 0.25) is 0 Å². The number of hydrogen-bond donors (Lipinski definition) is 4. The van der Waals surface area contributed by atoms with E-state index in [-0.39, 0.29) is 127 Å². The van der Waals surface area contributed by atoms with Crippen LogP contribution in [0.1, 0.15) is 161 Å². The Morgan fingerprint density at radius 3 is 1.02 bits per heavy atom. The number of allylic oxidation sites excluding steroid dienone is 8. The van der Waals surface area contributed by atoms with Crippen molar-refractivity contribution in [2.24, 2.45) is 0 Å². The van der Waals surface area contributed by atoms with Gasteiger partial charge in [-0.05, 0) is 246 Å². The molecule has 17 heteroatoms. The zero-order chi connectivity index (χ0) is 83.2. The van der Waals surface area contributed by atoms with Crippen molar-refractivity contribution < 1.29 is 125 Å². The van der Waals surface area contributed by atoms with E-state index in [0.717, 1.165) is 104 Å². The first-order valence-corrected chi connectivity index (χ1v) is 37.6. The molecule has 12 rings (SSSR count). The first-order chi connectivity index (χ1) is 53.0. The van der Waals surface area contributed by atoms with Crippen LogP contribution < -0.4 is 4.74 Å². The molecule has 0 spiro atoms. The number of aliphatic hydroxyl groups excluding tert-OH is 4. The van der Waals surface area contributed by atoms with Gasteiger partial charge in [0.1, 0.15) is 0 Å². The maximum atomic E-state index is 10.0. The minimum atomic E-state index is -0.125. The summed E-state index contributed by atoms with van der Waals surface area (Å²) in [5.74, 6) is 0.572. The van der Waals surface area contributed by atoms with Crippen LogP contribution in [0.25, 0.3) is 88.6 Å². The number of aryl methyl sites for hydroxylation is 13. The summed E-state index contributed by atoms with van der Waals surface area (Å²) in [6, 6.07) is 66.3. The molecule has 0 unspecified atom stereocenters. The van der Waals surface area contributed by atoms with Crippen LogP contribution in [0.2, 0.25) is 0 Å². The smallest absolute Gasteiger partial charge is 0.155 e. The fourth-order valence-corrected chi connectivity index (χ4v) is 12.2. The average molecular weight is 2270 g/mol. The van der Waals surface area contributed by atoms with E-state index >= 15 is 0 Å². The first kappa shape index (κ1) is 105. The van der Waals surface area contributed by atoms with Gasteiger partial charge >= 0.3 is 0 Å². The summed E-state index contributed by atoms with van der Waals surface area (Å²) in [6.07, 6.45) is 8.91. The predicted octanol–water partition coefficient (Wildman–Crippen LogP) is 24.3. The van der Waals surface area contributed by atoms with Crippen molar-refractivity contribution in [3.05, 3.63) is 301 Å². The van der Waals surface area contributed by atoms with Gasteiger partial charge in [-0.15, -0.1) is 134 Å². The van der Waals surface area contributed by atoms with E-state index in [4.69, 9.17) is 45.1 Å². The fourth-order valence-electron chi connectivity index (χ4n) is 12.2. The number of methoxy groups -OCH3 is 1. The van der Waals surface area contributed by atoms with Gasteiger partial charge in [0.25, 0.3) is 0 Å². The van der Waals surface area contributed by atoms with Gasteiger partial charge in [0, 0.05) is 110 Å². The molecule has 0 saturated carbocycles. The Kier molecular flexibility index (Phi) is 46.6. The number of nitrogens with zero attached hydrogens (tertiary/aromatic N) is 4. The van der Waals surface area contributed by atoms with Crippen LogP contribution >= 0.6 is 0 Å². The van der Waals surface area contributed by atoms with Gasteiger partial charge in [-0.25, -0.2) is 0 Å². The quantitative estimate of drug-likeness (QED) is 0.0482. The number of carbonyl (C=O) groups excluding carboxylic acids is 4. The van der Waals surface area contributed by atoms with Gasteiger partial charge in [-0.1, -0.05) is 118 Å². The molecule has 4 N–H and O–H groups in total. The van der Waals surface area contributed by atoms with E-state index in [1.165, 1.54) is 174 Å². The topological polar surface area (TPSA) is 210 Å². The Balaban J connectivity index is 0.000000689. The molecule has 0 aliphatic carbocycles. The number of ether oxygens (including phenoxy) is 1. The number of pyridine rings is 4. The standard InChI is InChI=1S/3C20H20N.C19H18NO.4C5H8O2.4Ir/c1-5-16-12-17-7-9-19(21-20(17)11-14(16)3)18-8-6-13(2)10-15(18)4;1-5-16-12-17-8-9-19(21-20(17)11-15(16)4)18-10-13(2)6-7-14(18)3;1-5-16-12-17-9-10-19(21-20(17)11-14(16)3)18-8-6-7-13(2)15(18)4;1-4-14-11-16-8-9-18(20-19(16)10-13(14)2)15-6-5-7-17(12-15)21-3;4*1-4(6)3-5(2)7;;;;/h6-7,9-12H,5H2,1-4H3;6-9,11-12H,5H2,1-4H3;6-7,9-12H,5H2,1-4H3;5,7-12H,4H2,1-3H3;4*3,6H,1-2H3;;;;/q4*-1;;;;;;;;. The summed E-state index contributed by atoms with van der Waals surface area (Å²) < 4.78 is 5.27. The van der Waals surface area contributed by atoms with E-state index < -0.39 is 0 Å². The predicted molar refractivity (Wildman–Crippen MR) is 464 cm³/mol. The van der Waals surface area contributed by atoms with Crippen molar-refractivity contribution in [2.75, 3.05) is 7.11 Å². The number of hydrogen-bond acceptors (Lipinski definition) is 13. The average Bonchev–Trinajstić information content (AvgIpc) is 0.810. The molecule has 13 nitrogen and oxygen atoms in total. The third kappa shape index (κ3) is 33.7. The zero-order valence-electron chi connectivity index (χ0n) is 71.0. The minimum absolute atomic E-state index is 0. The van der Waals surface area contributed by atoms with Crippen LogP contribution in [0, 0.1) is 93.5 Å². The van der Waals surface area contributed by atoms with Gasteiger partial charge in [0.05, 0.1) is 52.2 Å². The first-order valence-electron chi connectivity index (χ1n) is 37.6. The number of aromatic nitrogens is 4. The summed E-state index contributed by atoms with van der Waals surface area (Å²) in [6.45, 7) is 41.5. The third-order valence-electron chi connectivity index (χ3n) is 17.9. The van der Waals surface area contributed by atoms with Crippen LogP contribution in [0.3, 0.4) is 0 Å². The maximum Gasteiger partial charge on any atom is 0.155 e. The molecular formula is C99H110Ir4N4O9-4. The molecule has 12 aromatic rings. The summed E-state index contributed by atoms with van der Waals surface area (Å²) in [4.78, 5) is 59.4. The molecule has 620 valence electrons. The van der Waals surface area contributed by atoms with E-state index in [9.17, 15) is 19.2 Å². The number of rotatable bonds is 13. The summed E-state index contributed by atoms with van der Waals surface area (Å²) >= 11 is 0. The SMILES string of the molecule is CC(=O)C=C(C)O.CC(=O)C=C(C)O.CC(=O)C=C(C)O.CC(=O)C=C(C)O.CCc1cc2ccc(-c3[c-]c(C)ccc3C)nc2cc1C.CCc1cc2ccc(-c3[c-]cc(C)cc3C)nc2cc1C.CCc1cc2ccc(-c3[c-]ccc(C)c3C)nc2cc1C.CCc1cc2ccc(-c3[c-]ccc(OC)c3)nc2cc1C.[Ir].[Ir].[Ir].[Ir]. The summed E-state index contributed by atoms with van der Waals surface area (Å²) in [7, 11) is 1.67. The second kappa shape index (κ2) is 51.7. The number of fused-ring (bicyclic) bond motifs is 4. The number of ketones is 4. The molecule has 0 bridgehead atoms. The number of benzene rings is 8. The minimum Gasteiger partial charge on any atom is -0.516 e. The van der Waals surface area contributed by atoms with Crippen LogP contribution in [0.15, 0.2) is 199 Å². The van der Waals surface area contributed by atoms with Crippen LogP contribution in [-0.2, 0) is 125 Å². The third-order valence-corrected chi connectivity index (χ3v) is 17.9. The second-order valence-electron chi connectivity index (χ2n) is 27.9. The second-order valence-corrected chi connectivity index (χ2v) is 27.9. The molecule has 0 aliphatic rings. The van der Waals surface area contributed by atoms with Gasteiger partial charge < -0.3 is 25.2 Å². The Morgan fingerprint density at radius 2 is 0.690 bits per heavy atom. The van der Waals surface area contributed by atoms with Crippen molar-refractivity contribution in [1.82, 2.24) is 19.9 Å². The van der Waals surface area contributed by atoms with Crippen LogP contribution in [0.4, 0.5) is 0 Å². The largest absolute Gasteiger partial charge is 0.516 e. The number of carbonyl (C=O) groups is 4. The molecule has 0 aliphatic heterocycles. The van der Waals surface area contributed by atoms with E-state index in [1.807, 2.05) is 36.4 Å². The molecule has 8 aromatic carbocycles. The Labute approximate surface area is 742 Å². The van der Waals surface area contributed by atoms with Gasteiger partial charge in [0.15, 0.2) is 23.1 Å². The molecule has 4 radical (unpaired) electrons. The van der Waals surface area contributed by atoms with E-state index in [2.05, 4.69) is 236 Å². The van der Waals surface area contributed by atoms with Crippen molar-refractivity contribution in [3.63, 3.8) is 0 Å². The number of aliphatic hydroxyl groups is 4. The Bertz CT molecular complexity index is 5250. The van der Waals surface area contributed by atoms with Crippen molar-refractivity contribution in [2.45, 2.75) is 178 Å². The van der Waals surface area contributed by atoms with Crippen LogP contribution in [0.5, 0.6) is 5.75 Å². The molecule has 0 fully saturated rings. The Morgan fingerprint density at radius 1 is 0.353 bits per heavy atom. The van der Waals surface area contributed by atoms with Gasteiger partial charge in [-0.2, -0.15) is 0 Å². The fraction of sp³-hybridized carbons (Fsp3) is 0.273. The zero-order valence-corrected chi connectivity index (χ0v) is 80.6. The van der Waals surface area contributed by atoms with Gasteiger partial charge in [-0.3, -0.25) is 39.1 Å². The Hall–Kier alpha value is -9.36. The molecular weight excluding hydrogens is 2160 g/mol. The molecule has 116 heavy (non-hydrogen) atoms. The maximum absolute atomic E-state index is 10.0. The molecule has 4 aromatic heterocycles. The normalized spacial score (nSPS) is 10.7. The van der Waals surface area contributed by atoms with Crippen LogP contribution in [-0.4, -0.2) is 70.6 Å². The monoisotopic (exact) mass is 2270 g/mol. The molecule has 0 atom stereocenters. The van der Waals surface area contributed by atoms with Crippen molar-refractivity contribution >= 4 is 66.7 Å². The van der Waals surface area contributed by atoms with E-state index in [1.54, 1.807) is 7.11 Å². The molecule has 0 saturated heterocycles. The molecule has 0 amide bonds.